The predicted octanol–water partition coefficient (Wildman–Crippen LogP) is 3.71. The zero-order chi connectivity index (χ0) is 27.7. The van der Waals surface area contributed by atoms with Gasteiger partial charge in [0.05, 0.1) is 32.1 Å². The van der Waals surface area contributed by atoms with Crippen molar-refractivity contribution in [3.8, 4) is 23.0 Å². The molecular formula is C27H30N4O7. The monoisotopic (exact) mass is 522 g/mol. The van der Waals surface area contributed by atoms with E-state index in [0.717, 1.165) is 0 Å². The minimum Gasteiger partial charge on any atom is -0.493 e. The average molecular weight is 523 g/mol. The maximum Gasteiger partial charge on any atom is 0.341 e. The lowest BCUT2D eigenvalue weighted by Crippen LogP contribution is -2.16. The molecule has 38 heavy (non-hydrogen) atoms. The molecule has 0 aliphatic rings. The topological polar surface area (TPSA) is 165 Å². The number of nitrogens with two attached hydrogens (primary N) is 1. The lowest BCUT2D eigenvalue weighted by Gasteiger charge is -2.18. The molecule has 0 spiro atoms. The molecule has 0 aromatic heterocycles. The first-order chi connectivity index (χ1) is 18.3. The molecule has 11 heteroatoms. The summed E-state index contributed by atoms with van der Waals surface area (Å²) in [6.07, 6.45) is 0. The van der Waals surface area contributed by atoms with Crippen molar-refractivity contribution in [3.05, 3.63) is 71.3 Å². The van der Waals surface area contributed by atoms with Crippen molar-refractivity contribution < 1.29 is 33.6 Å². The van der Waals surface area contributed by atoms with Crippen LogP contribution in [-0.4, -0.2) is 50.3 Å². The molecule has 11 nitrogen and oxygen atoms in total. The van der Waals surface area contributed by atoms with E-state index in [9.17, 15) is 9.59 Å². The molecule has 3 aromatic carbocycles. The first kappa shape index (κ1) is 27.7. The Hall–Kier alpha value is -4.93. The molecule has 0 bridgehead atoms. The third-order valence-electron chi connectivity index (χ3n) is 5.39. The van der Waals surface area contributed by atoms with Crippen LogP contribution < -0.4 is 35.3 Å². The number of carbonyl (C=O) groups excluding carboxylic acids is 1. The Bertz CT molecular complexity index is 1310. The van der Waals surface area contributed by atoms with Crippen molar-refractivity contribution in [3.63, 3.8) is 0 Å². The third-order valence-corrected chi connectivity index (χ3v) is 5.39. The second-order valence-corrected chi connectivity index (χ2v) is 7.91. The lowest BCUT2D eigenvalue weighted by atomic mass is 10.1. The first-order valence-corrected chi connectivity index (χ1v) is 11.6. The summed E-state index contributed by atoms with van der Waals surface area (Å²) in [5.74, 6) is -0.149. The number of nitrogens with one attached hydrogen (secondary N) is 3. The molecule has 0 aliphatic heterocycles. The second kappa shape index (κ2) is 12.9. The maximum atomic E-state index is 13.3. The molecule has 0 radical (unpaired) electrons. The van der Waals surface area contributed by atoms with Crippen molar-refractivity contribution in [2.24, 2.45) is 5.73 Å². The number of rotatable bonds is 13. The van der Waals surface area contributed by atoms with E-state index in [1.165, 1.54) is 14.2 Å². The van der Waals surface area contributed by atoms with Gasteiger partial charge in [-0.2, -0.15) is 0 Å². The standard InChI is InChI=1S/C27H30N4O7/c1-4-37-21-7-5-6-17(25(21)38-15-24(32)33)14-30-20-13-23(36-3)22(35-2)12-19(20)27(34)31-18-10-8-16(9-11-18)26(28)29/h5-13,30H,4,14-15H2,1-3H3,(H3,28,29)(H,31,34)(H,32,33). The number of anilines is 2. The molecule has 1 amide bonds. The number of aliphatic carboxylic acids is 1. The van der Waals surface area contributed by atoms with Crippen LogP contribution >= 0.6 is 0 Å². The van der Waals surface area contributed by atoms with Crippen LogP contribution in [0.15, 0.2) is 54.6 Å². The summed E-state index contributed by atoms with van der Waals surface area (Å²) in [4.78, 5) is 24.4. The van der Waals surface area contributed by atoms with E-state index in [1.807, 2.05) is 6.92 Å². The first-order valence-electron chi connectivity index (χ1n) is 11.6. The third kappa shape index (κ3) is 6.84. The Balaban J connectivity index is 1.93. The number of ether oxygens (including phenoxy) is 4. The Labute approximate surface area is 220 Å². The summed E-state index contributed by atoms with van der Waals surface area (Å²) in [6, 6.07) is 15.0. The van der Waals surface area contributed by atoms with E-state index >= 15 is 0 Å². The Morgan fingerprint density at radius 1 is 0.974 bits per heavy atom. The van der Waals surface area contributed by atoms with Crippen molar-refractivity contribution in [1.29, 1.82) is 5.41 Å². The van der Waals surface area contributed by atoms with E-state index in [1.54, 1.807) is 54.6 Å². The highest BCUT2D eigenvalue weighted by molar-refractivity contribution is 6.09. The van der Waals surface area contributed by atoms with Crippen LogP contribution in [0.25, 0.3) is 0 Å². The molecule has 0 heterocycles. The number of carbonyl (C=O) groups is 2. The molecule has 3 rings (SSSR count). The zero-order valence-corrected chi connectivity index (χ0v) is 21.3. The highest BCUT2D eigenvalue weighted by atomic mass is 16.5. The van der Waals surface area contributed by atoms with Gasteiger partial charge < -0.3 is 40.4 Å². The van der Waals surface area contributed by atoms with Gasteiger partial charge in [0.2, 0.25) is 0 Å². The SMILES string of the molecule is CCOc1cccc(CNc2cc(OC)c(OC)cc2C(=O)Nc2ccc(C(=N)N)cc2)c1OCC(=O)O. The van der Waals surface area contributed by atoms with Crippen LogP contribution in [0, 0.1) is 5.41 Å². The maximum absolute atomic E-state index is 13.3. The predicted molar refractivity (Wildman–Crippen MR) is 143 cm³/mol. The van der Waals surface area contributed by atoms with E-state index in [2.05, 4.69) is 10.6 Å². The van der Waals surface area contributed by atoms with Crippen LogP contribution in [0.2, 0.25) is 0 Å². The van der Waals surface area contributed by atoms with E-state index < -0.39 is 18.5 Å². The molecule has 200 valence electrons. The zero-order valence-electron chi connectivity index (χ0n) is 21.3. The van der Waals surface area contributed by atoms with Crippen LogP contribution in [0.1, 0.15) is 28.4 Å². The Morgan fingerprint density at radius 3 is 2.26 bits per heavy atom. The number of carboxylic acids is 1. The summed E-state index contributed by atoms with van der Waals surface area (Å²) >= 11 is 0. The molecule has 3 aromatic rings. The Kier molecular flexibility index (Phi) is 9.36. The lowest BCUT2D eigenvalue weighted by molar-refractivity contribution is -0.139. The van der Waals surface area contributed by atoms with Gasteiger partial charge in [0, 0.05) is 29.4 Å². The number of para-hydroxylation sites is 1. The van der Waals surface area contributed by atoms with Gasteiger partial charge in [0.1, 0.15) is 5.84 Å². The molecule has 0 saturated carbocycles. The summed E-state index contributed by atoms with van der Waals surface area (Å²) in [5.41, 5.74) is 7.88. The number of amides is 1. The van der Waals surface area contributed by atoms with E-state index in [-0.39, 0.29) is 17.9 Å². The smallest absolute Gasteiger partial charge is 0.341 e. The van der Waals surface area contributed by atoms with Gasteiger partial charge in [-0.25, -0.2) is 4.79 Å². The quantitative estimate of drug-likeness (QED) is 0.166. The number of hydrogen-bond donors (Lipinski definition) is 5. The summed E-state index contributed by atoms with van der Waals surface area (Å²) < 4.78 is 21.9. The minimum atomic E-state index is -1.12. The largest absolute Gasteiger partial charge is 0.493 e. The van der Waals surface area contributed by atoms with Gasteiger partial charge in [0.15, 0.2) is 29.6 Å². The van der Waals surface area contributed by atoms with Crippen molar-refractivity contribution in [2.75, 3.05) is 38.1 Å². The van der Waals surface area contributed by atoms with Crippen LogP contribution in [0.5, 0.6) is 23.0 Å². The number of methoxy groups -OCH3 is 2. The normalized spacial score (nSPS) is 10.3. The fourth-order valence-electron chi connectivity index (χ4n) is 3.60. The summed E-state index contributed by atoms with van der Waals surface area (Å²) in [7, 11) is 2.96. The van der Waals surface area contributed by atoms with Gasteiger partial charge in [-0.1, -0.05) is 12.1 Å². The molecular weight excluding hydrogens is 492 g/mol. The van der Waals surface area contributed by atoms with Gasteiger partial charge in [-0.3, -0.25) is 10.2 Å². The molecule has 0 unspecified atom stereocenters. The van der Waals surface area contributed by atoms with Gasteiger partial charge in [-0.15, -0.1) is 0 Å². The van der Waals surface area contributed by atoms with Crippen molar-refractivity contribution in [1.82, 2.24) is 0 Å². The average Bonchev–Trinajstić information content (AvgIpc) is 2.91. The van der Waals surface area contributed by atoms with E-state index in [4.69, 9.17) is 35.2 Å². The highest BCUT2D eigenvalue weighted by Crippen LogP contribution is 2.36. The second-order valence-electron chi connectivity index (χ2n) is 7.91. The van der Waals surface area contributed by atoms with Gasteiger partial charge in [-0.05, 0) is 43.3 Å². The van der Waals surface area contributed by atoms with Crippen molar-refractivity contribution in [2.45, 2.75) is 13.5 Å². The molecule has 0 fully saturated rings. The number of nitrogen functional groups attached to an aromatic ring is 1. The van der Waals surface area contributed by atoms with Gasteiger partial charge >= 0.3 is 5.97 Å². The summed E-state index contributed by atoms with van der Waals surface area (Å²) in [5, 5.41) is 22.7. The van der Waals surface area contributed by atoms with Gasteiger partial charge in [0.25, 0.3) is 5.91 Å². The van der Waals surface area contributed by atoms with Crippen LogP contribution in [0.4, 0.5) is 11.4 Å². The molecule has 6 N–H and O–H groups in total. The minimum absolute atomic E-state index is 0.0747. The molecule has 0 atom stereocenters. The van der Waals surface area contributed by atoms with Crippen molar-refractivity contribution >= 4 is 29.1 Å². The molecule has 0 aliphatic carbocycles. The van der Waals surface area contributed by atoms with Crippen LogP contribution in [-0.2, 0) is 11.3 Å². The number of amidine groups is 1. The fourth-order valence-corrected chi connectivity index (χ4v) is 3.60. The number of benzene rings is 3. The molecule has 0 saturated heterocycles. The van der Waals surface area contributed by atoms with Crippen LogP contribution in [0.3, 0.4) is 0 Å². The Morgan fingerprint density at radius 2 is 1.66 bits per heavy atom. The fraction of sp³-hybridized carbons (Fsp3) is 0.222. The summed E-state index contributed by atoms with van der Waals surface area (Å²) in [6.45, 7) is 1.82. The van der Waals surface area contributed by atoms with E-state index in [0.29, 0.717) is 52.1 Å². The number of carboxylic acid groups (broad SMARTS) is 1. The highest BCUT2D eigenvalue weighted by Gasteiger charge is 2.19. The number of hydrogen-bond acceptors (Lipinski definition) is 8.